The Morgan fingerprint density at radius 2 is 1.79 bits per heavy atom. The van der Waals surface area contributed by atoms with Crippen LogP contribution in [0.4, 0.5) is 24.5 Å². The first kappa shape index (κ1) is 27.9. The summed E-state index contributed by atoms with van der Waals surface area (Å²) in [6.45, 7) is 2.26. The fourth-order valence-electron chi connectivity index (χ4n) is 3.36. The van der Waals surface area contributed by atoms with Gasteiger partial charge in [0.25, 0.3) is 5.91 Å². The number of aryl methyl sites for hydroxylation is 1. The molecule has 0 fully saturated rings. The maximum Gasteiger partial charge on any atom is 0.490 e. The first-order valence-electron chi connectivity index (χ1n) is 11.2. The highest BCUT2D eigenvalue weighted by Gasteiger charge is 2.38. The molecule has 0 unspecified atom stereocenters. The number of aromatic nitrogens is 3. The number of rotatable bonds is 8. The third kappa shape index (κ3) is 6.76. The molecular weight excluding hydrogens is 507 g/mol. The molecule has 2 aromatic carbocycles. The number of anilines is 2. The maximum atomic E-state index is 12.1. The van der Waals surface area contributed by atoms with Crippen LogP contribution in [-0.4, -0.2) is 56.4 Å². The number of amides is 1. The lowest BCUT2D eigenvalue weighted by Gasteiger charge is -2.13. The fraction of sp³-hybridized carbons (Fsp3) is 0.200. The Morgan fingerprint density at radius 3 is 2.37 bits per heavy atom. The van der Waals surface area contributed by atoms with Gasteiger partial charge in [-0.25, -0.2) is 14.8 Å². The monoisotopic (exact) mass is 531 g/mol. The van der Waals surface area contributed by atoms with E-state index in [2.05, 4.69) is 22.2 Å². The van der Waals surface area contributed by atoms with Crippen LogP contribution in [0.5, 0.6) is 5.75 Å². The third-order valence-electron chi connectivity index (χ3n) is 5.17. The van der Waals surface area contributed by atoms with Gasteiger partial charge in [-0.15, -0.1) is 0 Å². The maximum absolute atomic E-state index is 12.1. The predicted octanol–water partition coefficient (Wildman–Crippen LogP) is 4.03. The standard InChI is InChI=1S/C23H23N5O3.C2HF3O2/c1-2-14-5-3-4-6-18(14)26-19-17(21(24)30)13-25-23-20(19)27-22(28-23)15-7-9-16(10-8-15)31-12-11-29;3-2(4,5)1(6)7/h3-10,13,29H,2,11-12H2,1H3,(H2,24,30)(H2,25,26,27,28);(H,6,7). The molecule has 0 radical (unpaired) electrons. The number of carbonyl (C=O) groups is 2. The summed E-state index contributed by atoms with van der Waals surface area (Å²) in [6.07, 6.45) is -2.80. The number of halogens is 3. The van der Waals surface area contributed by atoms with E-state index in [9.17, 15) is 18.0 Å². The lowest BCUT2D eigenvalue weighted by atomic mass is 10.1. The number of fused-ring (bicyclic) bond motifs is 1. The minimum Gasteiger partial charge on any atom is -0.491 e. The van der Waals surface area contributed by atoms with Crippen molar-refractivity contribution >= 4 is 34.4 Å². The van der Waals surface area contributed by atoms with Gasteiger partial charge in [0.15, 0.2) is 5.65 Å². The first-order chi connectivity index (χ1) is 18.0. The van der Waals surface area contributed by atoms with Gasteiger partial charge in [0, 0.05) is 17.4 Å². The Morgan fingerprint density at radius 1 is 1.13 bits per heavy atom. The highest BCUT2D eigenvalue weighted by atomic mass is 19.4. The van der Waals surface area contributed by atoms with E-state index in [0.29, 0.717) is 28.4 Å². The van der Waals surface area contributed by atoms with Gasteiger partial charge in [-0.3, -0.25) is 4.79 Å². The number of ether oxygens (including phenoxy) is 1. The molecule has 13 heteroatoms. The molecular formula is C25H24F3N5O5. The van der Waals surface area contributed by atoms with Crippen LogP contribution in [0.15, 0.2) is 54.7 Å². The number of hydrogen-bond donors (Lipinski definition) is 5. The smallest absolute Gasteiger partial charge is 0.490 e. The van der Waals surface area contributed by atoms with Crippen LogP contribution in [0.1, 0.15) is 22.8 Å². The number of aliphatic hydroxyl groups is 1. The lowest BCUT2D eigenvalue weighted by molar-refractivity contribution is -0.192. The average Bonchev–Trinajstić information content (AvgIpc) is 3.33. The van der Waals surface area contributed by atoms with Gasteiger partial charge in [0.2, 0.25) is 0 Å². The van der Waals surface area contributed by atoms with E-state index in [0.717, 1.165) is 23.2 Å². The van der Waals surface area contributed by atoms with Crippen molar-refractivity contribution in [2.45, 2.75) is 19.5 Å². The summed E-state index contributed by atoms with van der Waals surface area (Å²) in [4.78, 5) is 33.2. The summed E-state index contributed by atoms with van der Waals surface area (Å²) >= 11 is 0. The van der Waals surface area contributed by atoms with Crippen molar-refractivity contribution in [3.05, 3.63) is 65.9 Å². The molecule has 10 nitrogen and oxygen atoms in total. The van der Waals surface area contributed by atoms with Crippen molar-refractivity contribution in [3.63, 3.8) is 0 Å². The second kappa shape index (κ2) is 12.1. The molecule has 38 heavy (non-hydrogen) atoms. The number of carbonyl (C=O) groups excluding carboxylic acids is 1. The van der Waals surface area contributed by atoms with Crippen LogP contribution in [0.2, 0.25) is 0 Å². The highest BCUT2D eigenvalue weighted by molar-refractivity contribution is 6.06. The van der Waals surface area contributed by atoms with Gasteiger partial charge in [0.05, 0.1) is 17.9 Å². The summed E-state index contributed by atoms with van der Waals surface area (Å²) in [6, 6.07) is 15.2. The Bertz CT molecular complexity index is 1420. The molecule has 2 heterocycles. The summed E-state index contributed by atoms with van der Waals surface area (Å²) in [7, 11) is 0. The number of carboxylic acids is 1. The van der Waals surface area contributed by atoms with Crippen LogP contribution in [0.25, 0.3) is 22.6 Å². The normalized spacial score (nSPS) is 11.0. The molecule has 1 amide bonds. The van der Waals surface area contributed by atoms with E-state index in [1.807, 2.05) is 36.4 Å². The SMILES string of the molecule is CCc1ccccc1Nc1c(C(N)=O)cnc2[nH]c(-c3ccc(OCCO)cc3)nc12.O=C(O)C(F)(F)F. The summed E-state index contributed by atoms with van der Waals surface area (Å²) in [5, 5.41) is 19.4. The number of H-pyrrole nitrogens is 1. The minimum atomic E-state index is -5.08. The average molecular weight is 531 g/mol. The number of carboxylic acid groups (broad SMARTS) is 1. The van der Waals surface area contributed by atoms with Crippen molar-refractivity contribution < 1.29 is 37.7 Å². The molecule has 0 saturated heterocycles. The molecule has 2 aromatic heterocycles. The molecule has 0 aliphatic carbocycles. The molecule has 0 atom stereocenters. The van der Waals surface area contributed by atoms with Crippen LogP contribution in [-0.2, 0) is 11.2 Å². The van der Waals surface area contributed by atoms with Crippen LogP contribution in [0.3, 0.4) is 0 Å². The summed E-state index contributed by atoms with van der Waals surface area (Å²) in [5.74, 6) is -2.08. The largest absolute Gasteiger partial charge is 0.491 e. The predicted molar refractivity (Wildman–Crippen MR) is 133 cm³/mol. The number of hydrogen-bond acceptors (Lipinski definition) is 7. The number of imidazole rings is 1. The second-order valence-corrected chi connectivity index (χ2v) is 7.73. The van der Waals surface area contributed by atoms with Crippen LogP contribution >= 0.6 is 0 Å². The van der Waals surface area contributed by atoms with E-state index < -0.39 is 18.1 Å². The second-order valence-electron chi connectivity index (χ2n) is 7.73. The summed E-state index contributed by atoms with van der Waals surface area (Å²) < 4.78 is 37.1. The highest BCUT2D eigenvalue weighted by Crippen LogP contribution is 2.31. The van der Waals surface area contributed by atoms with E-state index >= 15 is 0 Å². The van der Waals surface area contributed by atoms with Gasteiger partial charge >= 0.3 is 12.1 Å². The molecule has 0 aliphatic rings. The molecule has 4 rings (SSSR count). The van der Waals surface area contributed by atoms with E-state index in [-0.39, 0.29) is 18.8 Å². The van der Waals surface area contributed by atoms with Gasteiger partial charge < -0.3 is 31.0 Å². The third-order valence-corrected chi connectivity index (χ3v) is 5.17. The number of nitrogens with zero attached hydrogens (tertiary/aromatic N) is 2. The Kier molecular flexibility index (Phi) is 8.86. The number of aromatic amines is 1. The van der Waals surface area contributed by atoms with Gasteiger partial charge in [0.1, 0.15) is 23.7 Å². The van der Waals surface area contributed by atoms with Crippen molar-refractivity contribution in [1.82, 2.24) is 15.0 Å². The number of para-hydroxylation sites is 1. The molecule has 0 bridgehead atoms. The number of aliphatic carboxylic acids is 1. The van der Waals surface area contributed by atoms with Crippen molar-refractivity contribution in [2.75, 3.05) is 18.5 Å². The van der Waals surface area contributed by atoms with Crippen LogP contribution in [0, 0.1) is 0 Å². The zero-order valence-electron chi connectivity index (χ0n) is 20.0. The zero-order chi connectivity index (χ0) is 27.9. The van der Waals surface area contributed by atoms with Gasteiger partial charge in [-0.05, 0) is 42.3 Å². The number of nitrogens with two attached hydrogens (primary N) is 1. The van der Waals surface area contributed by atoms with E-state index in [1.165, 1.54) is 6.20 Å². The Balaban J connectivity index is 0.000000505. The van der Waals surface area contributed by atoms with Gasteiger partial charge in [-0.2, -0.15) is 13.2 Å². The molecule has 200 valence electrons. The topological polar surface area (TPSA) is 163 Å². The number of alkyl halides is 3. The van der Waals surface area contributed by atoms with Crippen molar-refractivity contribution in [1.29, 1.82) is 0 Å². The van der Waals surface area contributed by atoms with E-state index in [1.54, 1.807) is 12.1 Å². The molecule has 0 saturated carbocycles. The molecule has 0 aliphatic heterocycles. The van der Waals surface area contributed by atoms with Crippen molar-refractivity contribution in [3.8, 4) is 17.1 Å². The Labute approximate surface area is 214 Å². The molecule has 4 aromatic rings. The minimum absolute atomic E-state index is 0.0455. The number of pyridine rings is 1. The number of benzene rings is 2. The lowest BCUT2D eigenvalue weighted by Crippen LogP contribution is -2.21. The fourth-order valence-corrected chi connectivity index (χ4v) is 3.36. The van der Waals surface area contributed by atoms with Gasteiger partial charge in [-0.1, -0.05) is 25.1 Å². The quantitative estimate of drug-likeness (QED) is 0.227. The molecule has 0 spiro atoms. The number of primary amides is 1. The van der Waals surface area contributed by atoms with Crippen molar-refractivity contribution in [2.24, 2.45) is 5.73 Å². The number of nitrogens with one attached hydrogen (secondary N) is 2. The summed E-state index contributed by atoms with van der Waals surface area (Å²) in [5.41, 5.74) is 10.3. The Hall–Kier alpha value is -4.65. The molecule has 6 N–H and O–H groups in total. The van der Waals surface area contributed by atoms with Crippen LogP contribution < -0.4 is 15.8 Å². The first-order valence-corrected chi connectivity index (χ1v) is 11.2. The van der Waals surface area contributed by atoms with E-state index in [4.69, 9.17) is 30.5 Å². The zero-order valence-corrected chi connectivity index (χ0v) is 20.0. The number of aliphatic hydroxyl groups excluding tert-OH is 1.